The predicted molar refractivity (Wildman–Crippen MR) is 79.7 cm³/mol. The third-order valence-corrected chi connectivity index (χ3v) is 3.48. The number of nitrogens with two attached hydrogens (primary N) is 1. The van der Waals surface area contributed by atoms with Gasteiger partial charge in [-0.15, -0.1) is 0 Å². The van der Waals surface area contributed by atoms with E-state index in [1.165, 1.54) is 11.3 Å². The quantitative estimate of drug-likeness (QED) is 0.770. The summed E-state index contributed by atoms with van der Waals surface area (Å²) in [5.41, 5.74) is 6.71. The molecule has 0 aliphatic rings. The van der Waals surface area contributed by atoms with Crippen LogP contribution in [0.3, 0.4) is 0 Å². The molecule has 4 N–H and O–H groups in total. The van der Waals surface area contributed by atoms with Crippen molar-refractivity contribution in [2.75, 3.05) is 11.1 Å². The molecule has 0 saturated carbocycles. The summed E-state index contributed by atoms with van der Waals surface area (Å²) in [6.07, 6.45) is 3.56. The Morgan fingerprint density at radius 2 is 2.30 bits per heavy atom. The third-order valence-electron chi connectivity index (χ3n) is 2.48. The van der Waals surface area contributed by atoms with Crippen molar-refractivity contribution in [1.29, 1.82) is 0 Å². The number of hydrogen-bond donors (Lipinski definition) is 3. The number of nitrogens with one attached hydrogen (secondary N) is 2. The molecule has 0 aliphatic heterocycles. The van der Waals surface area contributed by atoms with Crippen LogP contribution in [0.1, 0.15) is 29.1 Å². The van der Waals surface area contributed by atoms with Crippen LogP contribution in [-0.4, -0.2) is 26.7 Å². The summed E-state index contributed by atoms with van der Waals surface area (Å²) in [6.45, 7) is 4.41. The Labute approximate surface area is 121 Å². The number of carbonyl (C=O) groups excluding carboxylic acids is 1. The van der Waals surface area contributed by atoms with Crippen LogP contribution in [0.15, 0.2) is 12.4 Å². The first kappa shape index (κ1) is 14.3. The molecule has 0 spiro atoms. The van der Waals surface area contributed by atoms with Gasteiger partial charge in [0.25, 0.3) is 5.91 Å². The van der Waals surface area contributed by atoms with Crippen molar-refractivity contribution in [3.63, 3.8) is 0 Å². The normalized spacial score (nSPS) is 10.8. The molecule has 0 fully saturated rings. The topological polar surface area (TPSA) is 97.9 Å². The van der Waals surface area contributed by atoms with E-state index in [2.05, 4.69) is 20.7 Å². The van der Waals surface area contributed by atoms with Gasteiger partial charge in [0.1, 0.15) is 10.7 Å². The van der Waals surface area contributed by atoms with Gasteiger partial charge in [-0.1, -0.05) is 11.3 Å². The van der Waals surface area contributed by atoms with E-state index >= 15 is 0 Å². The van der Waals surface area contributed by atoms with Crippen LogP contribution in [-0.2, 0) is 13.6 Å². The molecular formula is C12H18N6OS. The number of nitrogens with zero attached hydrogens (tertiary/aromatic N) is 3. The number of thiazole rings is 1. The molecule has 108 valence electrons. The summed E-state index contributed by atoms with van der Waals surface area (Å²) >= 11 is 1.26. The van der Waals surface area contributed by atoms with E-state index in [9.17, 15) is 4.79 Å². The van der Waals surface area contributed by atoms with Gasteiger partial charge in [-0.2, -0.15) is 5.10 Å². The van der Waals surface area contributed by atoms with Gasteiger partial charge in [-0.05, 0) is 13.8 Å². The van der Waals surface area contributed by atoms with Crippen LogP contribution in [0, 0.1) is 0 Å². The maximum atomic E-state index is 12.1. The number of anilines is 2. The molecule has 0 unspecified atom stereocenters. The lowest BCUT2D eigenvalue weighted by molar-refractivity contribution is 0.0955. The van der Waals surface area contributed by atoms with Crippen molar-refractivity contribution >= 4 is 28.2 Å². The van der Waals surface area contributed by atoms with Crippen molar-refractivity contribution in [3.8, 4) is 0 Å². The molecule has 0 saturated heterocycles. The zero-order chi connectivity index (χ0) is 14.7. The first-order valence-corrected chi connectivity index (χ1v) is 7.06. The molecule has 7 nitrogen and oxygen atoms in total. The van der Waals surface area contributed by atoms with Crippen molar-refractivity contribution < 1.29 is 4.79 Å². The lowest BCUT2D eigenvalue weighted by Crippen LogP contribution is -2.22. The zero-order valence-corrected chi connectivity index (χ0v) is 12.5. The second-order valence-corrected chi connectivity index (χ2v) is 5.74. The lowest BCUT2D eigenvalue weighted by atomic mass is 10.3. The van der Waals surface area contributed by atoms with Crippen LogP contribution in [0.25, 0.3) is 0 Å². The molecule has 2 aromatic rings. The third kappa shape index (κ3) is 3.47. The lowest BCUT2D eigenvalue weighted by Gasteiger charge is -2.04. The van der Waals surface area contributed by atoms with Gasteiger partial charge in [0.15, 0.2) is 5.13 Å². The molecule has 0 aliphatic carbocycles. The first-order valence-electron chi connectivity index (χ1n) is 6.24. The molecule has 8 heteroatoms. The van der Waals surface area contributed by atoms with Gasteiger partial charge >= 0.3 is 0 Å². The van der Waals surface area contributed by atoms with E-state index in [-0.39, 0.29) is 17.8 Å². The average Bonchev–Trinajstić information content (AvgIpc) is 2.92. The van der Waals surface area contributed by atoms with Crippen LogP contribution in [0.5, 0.6) is 0 Å². The van der Waals surface area contributed by atoms with E-state index in [4.69, 9.17) is 5.73 Å². The number of rotatable bonds is 5. The number of hydrogen-bond acceptors (Lipinski definition) is 6. The second kappa shape index (κ2) is 5.91. The van der Waals surface area contributed by atoms with Gasteiger partial charge in [-0.25, -0.2) is 4.98 Å². The minimum absolute atomic E-state index is 0.222. The SMILES string of the molecule is CC(C)Nc1nc(N)c(C(=O)NCc2cnn(C)c2)s1. The molecule has 0 aromatic carbocycles. The van der Waals surface area contributed by atoms with Crippen LogP contribution in [0.2, 0.25) is 0 Å². The molecule has 0 radical (unpaired) electrons. The van der Waals surface area contributed by atoms with Crippen molar-refractivity contribution in [2.45, 2.75) is 26.4 Å². The minimum atomic E-state index is -0.222. The molecule has 0 atom stereocenters. The summed E-state index contributed by atoms with van der Waals surface area (Å²) in [6, 6.07) is 0.242. The van der Waals surface area contributed by atoms with E-state index in [1.54, 1.807) is 10.9 Å². The van der Waals surface area contributed by atoms with E-state index in [0.29, 0.717) is 16.6 Å². The highest BCUT2D eigenvalue weighted by molar-refractivity contribution is 7.18. The first-order chi connectivity index (χ1) is 9.45. The number of amides is 1. The summed E-state index contributed by atoms with van der Waals surface area (Å²) in [5, 5.41) is 10.6. The van der Waals surface area contributed by atoms with Gasteiger partial charge in [0.2, 0.25) is 0 Å². The van der Waals surface area contributed by atoms with Crippen molar-refractivity contribution in [3.05, 3.63) is 22.8 Å². The largest absolute Gasteiger partial charge is 0.382 e. The van der Waals surface area contributed by atoms with E-state index in [1.807, 2.05) is 27.1 Å². The fourth-order valence-corrected chi connectivity index (χ4v) is 2.58. The smallest absolute Gasteiger partial charge is 0.265 e. The highest BCUT2D eigenvalue weighted by Crippen LogP contribution is 2.25. The van der Waals surface area contributed by atoms with Crippen LogP contribution in [0.4, 0.5) is 10.9 Å². The molecule has 20 heavy (non-hydrogen) atoms. The van der Waals surface area contributed by atoms with Crippen LogP contribution < -0.4 is 16.4 Å². The number of aromatic nitrogens is 3. The fourth-order valence-electron chi connectivity index (χ4n) is 1.63. The number of aryl methyl sites for hydroxylation is 1. The monoisotopic (exact) mass is 294 g/mol. The Morgan fingerprint density at radius 3 is 2.90 bits per heavy atom. The van der Waals surface area contributed by atoms with Gasteiger partial charge < -0.3 is 16.4 Å². The predicted octanol–water partition coefficient (Wildman–Crippen LogP) is 1.21. The number of nitrogen functional groups attached to an aromatic ring is 1. The van der Waals surface area contributed by atoms with E-state index in [0.717, 1.165) is 5.56 Å². The maximum Gasteiger partial charge on any atom is 0.265 e. The van der Waals surface area contributed by atoms with Gasteiger partial charge in [0.05, 0.1) is 6.20 Å². The second-order valence-electron chi connectivity index (χ2n) is 4.74. The molecule has 2 aromatic heterocycles. The summed E-state index contributed by atoms with van der Waals surface area (Å²) < 4.78 is 1.69. The Morgan fingerprint density at radius 1 is 1.55 bits per heavy atom. The highest BCUT2D eigenvalue weighted by atomic mass is 32.1. The summed E-state index contributed by atoms with van der Waals surface area (Å²) in [7, 11) is 1.83. The maximum absolute atomic E-state index is 12.1. The summed E-state index contributed by atoms with van der Waals surface area (Å²) in [5.74, 6) is 0.0301. The molecule has 2 heterocycles. The standard InChI is InChI=1S/C12H18N6OS/c1-7(2)16-12-17-10(13)9(20-12)11(19)14-4-8-5-15-18(3)6-8/h5-7H,4,13H2,1-3H3,(H,14,19)(H,16,17). The van der Waals surface area contributed by atoms with E-state index < -0.39 is 0 Å². The Hall–Kier alpha value is -2.09. The van der Waals surface area contributed by atoms with Crippen LogP contribution >= 0.6 is 11.3 Å². The average molecular weight is 294 g/mol. The highest BCUT2D eigenvalue weighted by Gasteiger charge is 2.16. The van der Waals surface area contributed by atoms with Crippen molar-refractivity contribution in [2.24, 2.45) is 7.05 Å². The molecule has 0 bridgehead atoms. The molecular weight excluding hydrogens is 276 g/mol. The molecule has 1 amide bonds. The fraction of sp³-hybridized carbons (Fsp3) is 0.417. The van der Waals surface area contributed by atoms with Gasteiger partial charge in [-0.3, -0.25) is 9.48 Å². The summed E-state index contributed by atoms with van der Waals surface area (Å²) in [4.78, 5) is 16.6. The van der Waals surface area contributed by atoms with Gasteiger partial charge in [0, 0.05) is 31.4 Å². The zero-order valence-electron chi connectivity index (χ0n) is 11.7. The Balaban J connectivity index is 2.00. The van der Waals surface area contributed by atoms with Crippen molar-refractivity contribution in [1.82, 2.24) is 20.1 Å². The Kier molecular flexibility index (Phi) is 4.23. The minimum Gasteiger partial charge on any atom is -0.382 e. The Bertz CT molecular complexity index is 603. The number of carbonyl (C=O) groups is 1. The molecule has 2 rings (SSSR count).